The van der Waals surface area contributed by atoms with Crippen LogP contribution in [-0.2, 0) is 24.1 Å². The molecule has 3 rings (SSSR count). The molecule has 29 heavy (non-hydrogen) atoms. The van der Waals surface area contributed by atoms with Crippen LogP contribution in [0.15, 0.2) is 4.47 Å². The minimum Gasteiger partial charge on any atom is -0.462 e. The van der Waals surface area contributed by atoms with Crippen molar-refractivity contribution in [2.24, 2.45) is 0 Å². The average Bonchev–Trinajstić information content (AvgIpc) is 3.17. The van der Waals surface area contributed by atoms with Crippen molar-refractivity contribution in [2.45, 2.75) is 59.4 Å². The van der Waals surface area contributed by atoms with Crippen molar-refractivity contribution in [2.75, 3.05) is 18.5 Å². The highest BCUT2D eigenvalue weighted by Crippen LogP contribution is 2.38. The number of esters is 1. The molecule has 0 aliphatic heterocycles. The number of nitrogens with one attached hydrogen (secondary N) is 2. The second-order valence-corrected chi connectivity index (χ2v) is 9.38. The lowest BCUT2D eigenvalue weighted by Gasteiger charge is -2.13. The van der Waals surface area contributed by atoms with E-state index in [1.807, 2.05) is 18.5 Å². The van der Waals surface area contributed by atoms with Gasteiger partial charge < -0.3 is 15.4 Å². The molecule has 0 spiro atoms. The van der Waals surface area contributed by atoms with Gasteiger partial charge in [-0.3, -0.25) is 4.68 Å². The molecular weight excluding hydrogens is 472 g/mol. The van der Waals surface area contributed by atoms with Gasteiger partial charge >= 0.3 is 5.97 Å². The molecule has 2 aromatic heterocycles. The van der Waals surface area contributed by atoms with Crippen molar-refractivity contribution in [3.63, 3.8) is 0 Å². The Morgan fingerprint density at radius 2 is 2.10 bits per heavy atom. The van der Waals surface area contributed by atoms with Gasteiger partial charge in [-0.1, -0.05) is 0 Å². The summed E-state index contributed by atoms with van der Waals surface area (Å²) in [5.41, 5.74) is 3.94. The summed E-state index contributed by atoms with van der Waals surface area (Å²) in [5, 5.41) is 12.3. The third-order valence-corrected chi connectivity index (χ3v) is 7.60. The Balaban J connectivity index is 1.58. The number of halogens is 1. The summed E-state index contributed by atoms with van der Waals surface area (Å²) >= 11 is 10.7. The molecule has 0 unspecified atom stereocenters. The summed E-state index contributed by atoms with van der Waals surface area (Å²) in [7, 11) is 0. The zero-order chi connectivity index (χ0) is 21.0. The molecule has 0 atom stereocenters. The van der Waals surface area contributed by atoms with E-state index in [2.05, 4.69) is 38.6 Å². The molecule has 2 aromatic rings. The fourth-order valence-electron chi connectivity index (χ4n) is 3.54. The molecule has 0 fully saturated rings. The Labute approximate surface area is 189 Å². The standard InChI is InChI=1S/C20H27BrN4O2S2/c1-4-27-19(26)16-14-8-5-6-9-15(14)29-18(16)23-20(28)22-10-7-11-25-13(3)17(21)12(2)24-25/h4-11H2,1-3H3,(H2,22,23,28). The average molecular weight is 500 g/mol. The van der Waals surface area contributed by atoms with Crippen molar-refractivity contribution >= 4 is 55.6 Å². The first-order valence-electron chi connectivity index (χ1n) is 9.98. The number of carbonyl (C=O) groups is 1. The second-order valence-electron chi connectivity index (χ2n) is 7.08. The van der Waals surface area contributed by atoms with Gasteiger partial charge in [0, 0.05) is 23.7 Å². The monoisotopic (exact) mass is 498 g/mol. The summed E-state index contributed by atoms with van der Waals surface area (Å²) in [6, 6.07) is 0. The van der Waals surface area contributed by atoms with E-state index in [4.69, 9.17) is 17.0 Å². The van der Waals surface area contributed by atoms with Crippen LogP contribution in [0.2, 0.25) is 0 Å². The third kappa shape index (κ3) is 5.19. The second kappa shape index (κ2) is 10.0. The van der Waals surface area contributed by atoms with Gasteiger partial charge in [0.1, 0.15) is 5.00 Å². The van der Waals surface area contributed by atoms with Crippen LogP contribution in [-0.4, -0.2) is 34.0 Å². The zero-order valence-corrected chi connectivity index (χ0v) is 20.3. The van der Waals surface area contributed by atoms with E-state index < -0.39 is 0 Å². The lowest BCUT2D eigenvalue weighted by Crippen LogP contribution is -2.30. The van der Waals surface area contributed by atoms with E-state index in [9.17, 15) is 4.79 Å². The Kier molecular flexibility index (Phi) is 7.70. The van der Waals surface area contributed by atoms with Crippen LogP contribution in [0.4, 0.5) is 5.00 Å². The highest BCUT2D eigenvalue weighted by Gasteiger charge is 2.26. The number of hydrogen-bond acceptors (Lipinski definition) is 5. The van der Waals surface area contributed by atoms with Crippen LogP contribution in [0.3, 0.4) is 0 Å². The van der Waals surface area contributed by atoms with Crippen molar-refractivity contribution in [3.05, 3.63) is 31.9 Å². The number of ether oxygens (including phenoxy) is 1. The first-order chi connectivity index (χ1) is 13.9. The highest BCUT2D eigenvalue weighted by atomic mass is 79.9. The molecule has 1 aliphatic carbocycles. The lowest BCUT2D eigenvalue weighted by atomic mass is 9.95. The minimum atomic E-state index is -0.257. The van der Waals surface area contributed by atoms with Crippen molar-refractivity contribution in [3.8, 4) is 0 Å². The van der Waals surface area contributed by atoms with Gasteiger partial charge in [0.05, 0.1) is 22.3 Å². The van der Waals surface area contributed by atoms with Gasteiger partial charge in [0.15, 0.2) is 5.11 Å². The Hall–Kier alpha value is -1.45. The van der Waals surface area contributed by atoms with E-state index in [0.717, 1.165) is 65.2 Å². The van der Waals surface area contributed by atoms with Gasteiger partial charge in [-0.2, -0.15) is 5.10 Å². The number of anilines is 1. The number of rotatable bonds is 7. The predicted molar refractivity (Wildman–Crippen MR) is 125 cm³/mol. The first kappa shape index (κ1) is 22.2. The van der Waals surface area contributed by atoms with Crippen LogP contribution in [0, 0.1) is 13.8 Å². The maximum absolute atomic E-state index is 12.5. The smallest absolute Gasteiger partial charge is 0.341 e. The highest BCUT2D eigenvalue weighted by molar-refractivity contribution is 9.10. The molecule has 9 heteroatoms. The molecule has 2 N–H and O–H groups in total. The SMILES string of the molecule is CCOC(=O)c1c(NC(=S)NCCCn2nc(C)c(Br)c2C)sc2c1CCCC2. The van der Waals surface area contributed by atoms with Crippen LogP contribution in [0.5, 0.6) is 0 Å². The lowest BCUT2D eigenvalue weighted by molar-refractivity contribution is 0.0526. The number of nitrogens with zero attached hydrogens (tertiary/aromatic N) is 2. The first-order valence-corrected chi connectivity index (χ1v) is 12.0. The normalized spacial score (nSPS) is 13.1. The number of thiophene rings is 1. The Morgan fingerprint density at radius 3 is 2.79 bits per heavy atom. The molecule has 0 saturated heterocycles. The minimum absolute atomic E-state index is 0.257. The van der Waals surface area contributed by atoms with Gasteiger partial charge in [-0.25, -0.2) is 4.79 Å². The third-order valence-electron chi connectivity index (χ3n) is 5.00. The van der Waals surface area contributed by atoms with E-state index >= 15 is 0 Å². The molecule has 1 aliphatic rings. The Morgan fingerprint density at radius 1 is 1.34 bits per heavy atom. The van der Waals surface area contributed by atoms with Crippen LogP contribution < -0.4 is 10.6 Å². The number of carbonyl (C=O) groups excluding carboxylic acids is 1. The summed E-state index contributed by atoms with van der Waals surface area (Å²) in [6.45, 7) is 7.79. The van der Waals surface area contributed by atoms with E-state index in [-0.39, 0.29) is 5.97 Å². The Bertz CT molecular complexity index is 907. The predicted octanol–water partition coefficient (Wildman–Crippen LogP) is 4.76. The van der Waals surface area contributed by atoms with Gasteiger partial charge in [0.2, 0.25) is 0 Å². The van der Waals surface area contributed by atoms with Gasteiger partial charge in [0.25, 0.3) is 0 Å². The fourth-order valence-corrected chi connectivity index (χ4v) is 5.38. The quantitative estimate of drug-likeness (QED) is 0.326. The van der Waals surface area contributed by atoms with E-state index in [0.29, 0.717) is 17.3 Å². The molecule has 0 radical (unpaired) electrons. The molecular formula is C20H27BrN4O2S2. The molecule has 0 bridgehead atoms. The maximum atomic E-state index is 12.5. The van der Waals surface area contributed by atoms with Crippen LogP contribution in [0.1, 0.15) is 58.4 Å². The fraction of sp³-hybridized carbons (Fsp3) is 0.550. The number of aromatic nitrogens is 2. The number of fused-ring (bicyclic) bond motifs is 1. The summed E-state index contributed by atoms with van der Waals surface area (Å²) in [4.78, 5) is 13.8. The summed E-state index contributed by atoms with van der Waals surface area (Å²) in [5.74, 6) is -0.257. The zero-order valence-electron chi connectivity index (χ0n) is 17.1. The topological polar surface area (TPSA) is 68.2 Å². The maximum Gasteiger partial charge on any atom is 0.341 e. The van der Waals surface area contributed by atoms with Crippen LogP contribution in [0.25, 0.3) is 0 Å². The van der Waals surface area contributed by atoms with Crippen molar-refractivity contribution < 1.29 is 9.53 Å². The molecule has 158 valence electrons. The van der Waals surface area contributed by atoms with E-state index in [1.54, 1.807) is 11.3 Å². The van der Waals surface area contributed by atoms with E-state index in [1.165, 1.54) is 11.3 Å². The number of hydrogen-bond donors (Lipinski definition) is 2. The van der Waals surface area contributed by atoms with Gasteiger partial charge in [-0.05, 0) is 86.6 Å². The summed E-state index contributed by atoms with van der Waals surface area (Å²) in [6.07, 6.45) is 5.12. The molecule has 2 heterocycles. The van der Waals surface area contributed by atoms with Gasteiger partial charge in [-0.15, -0.1) is 11.3 Å². The number of aryl methyl sites for hydroxylation is 3. The molecule has 0 aromatic carbocycles. The van der Waals surface area contributed by atoms with Crippen molar-refractivity contribution in [1.82, 2.24) is 15.1 Å². The largest absolute Gasteiger partial charge is 0.462 e. The molecule has 0 amide bonds. The van der Waals surface area contributed by atoms with Crippen LogP contribution >= 0.6 is 39.5 Å². The summed E-state index contributed by atoms with van der Waals surface area (Å²) < 4.78 is 8.36. The number of thiocarbonyl (C=S) groups is 1. The molecule has 0 saturated carbocycles. The molecule has 6 nitrogen and oxygen atoms in total. The van der Waals surface area contributed by atoms with Crippen molar-refractivity contribution in [1.29, 1.82) is 0 Å².